The minimum absolute atomic E-state index is 0.00235. The molecule has 1 amide bonds. The quantitative estimate of drug-likeness (QED) is 0.892. The lowest BCUT2D eigenvalue weighted by Gasteiger charge is -2.20. The SMILES string of the molecule is COCC(=O)N1C[C@H](Nc2ccc(C(F)(F)F)cn2)[C@@H](C2CC2)C1. The minimum atomic E-state index is -4.39. The van der Waals surface area contributed by atoms with Crippen LogP contribution in [-0.2, 0) is 15.7 Å². The number of alkyl halides is 3. The van der Waals surface area contributed by atoms with Crippen molar-refractivity contribution in [3.63, 3.8) is 0 Å². The molecule has 1 aromatic heterocycles. The number of nitrogens with one attached hydrogen (secondary N) is 1. The predicted octanol–water partition coefficient (Wildman–Crippen LogP) is 2.40. The molecule has 1 saturated heterocycles. The molecule has 2 fully saturated rings. The minimum Gasteiger partial charge on any atom is -0.375 e. The number of carbonyl (C=O) groups is 1. The smallest absolute Gasteiger partial charge is 0.375 e. The van der Waals surface area contributed by atoms with Crippen LogP contribution in [0.3, 0.4) is 0 Å². The molecule has 24 heavy (non-hydrogen) atoms. The number of amides is 1. The first-order valence-electron chi connectivity index (χ1n) is 7.95. The Hall–Kier alpha value is -1.83. The van der Waals surface area contributed by atoms with E-state index in [1.165, 1.54) is 13.2 Å². The summed E-state index contributed by atoms with van der Waals surface area (Å²) in [5, 5.41) is 3.20. The van der Waals surface area contributed by atoms with Crippen LogP contribution in [0.2, 0.25) is 0 Å². The van der Waals surface area contributed by atoms with Gasteiger partial charge >= 0.3 is 6.18 Å². The monoisotopic (exact) mass is 343 g/mol. The first-order valence-corrected chi connectivity index (χ1v) is 7.95. The third-order valence-electron chi connectivity index (χ3n) is 4.64. The number of ether oxygens (including phenoxy) is 1. The number of nitrogens with zero attached hydrogens (tertiary/aromatic N) is 2. The van der Waals surface area contributed by atoms with Gasteiger partial charge in [0.05, 0.1) is 5.56 Å². The van der Waals surface area contributed by atoms with E-state index in [0.717, 1.165) is 25.1 Å². The van der Waals surface area contributed by atoms with Crippen LogP contribution >= 0.6 is 0 Å². The molecule has 0 bridgehead atoms. The van der Waals surface area contributed by atoms with Crippen molar-refractivity contribution in [1.82, 2.24) is 9.88 Å². The van der Waals surface area contributed by atoms with Crippen molar-refractivity contribution >= 4 is 11.7 Å². The third-order valence-corrected chi connectivity index (χ3v) is 4.64. The maximum Gasteiger partial charge on any atom is 0.417 e. The van der Waals surface area contributed by atoms with E-state index in [1.54, 1.807) is 4.90 Å². The number of methoxy groups -OCH3 is 1. The average molecular weight is 343 g/mol. The van der Waals surface area contributed by atoms with Crippen LogP contribution in [0.15, 0.2) is 18.3 Å². The molecule has 0 radical (unpaired) electrons. The summed E-state index contributed by atoms with van der Waals surface area (Å²) in [4.78, 5) is 17.6. The fraction of sp³-hybridized carbons (Fsp3) is 0.625. The Bertz CT molecular complexity index is 587. The van der Waals surface area contributed by atoms with Crippen molar-refractivity contribution in [3.8, 4) is 0 Å². The Labute approximate surface area is 138 Å². The zero-order valence-corrected chi connectivity index (χ0v) is 13.3. The number of aromatic nitrogens is 1. The molecule has 1 N–H and O–H groups in total. The maximum absolute atomic E-state index is 12.6. The standard InChI is InChI=1S/C16H20F3N3O2/c1-24-9-15(23)22-7-12(10-2-3-10)13(8-22)21-14-5-4-11(6-20-14)16(17,18)19/h4-6,10,12-13H,2-3,7-9H2,1H3,(H,20,21)/t12-,13+/m1/s1. The van der Waals surface area contributed by atoms with Crippen LogP contribution in [-0.4, -0.2) is 48.6 Å². The van der Waals surface area contributed by atoms with Gasteiger partial charge in [-0.3, -0.25) is 4.79 Å². The molecule has 5 nitrogen and oxygen atoms in total. The number of anilines is 1. The van der Waals surface area contributed by atoms with Gasteiger partial charge in [0, 0.05) is 38.4 Å². The van der Waals surface area contributed by atoms with Gasteiger partial charge in [-0.2, -0.15) is 13.2 Å². The zero-order valence-electron chi connectivity index (χ0n) is 13.3. The van der Waals surface area contributed by atoms with Gasteiger partial charge in [-0.1, -0.05) is 0 Å². The number of rotatable bonds is 5. The van der Waals surface area contributed by atoms with E-state index in [0.29, 0.717) is 30.7 Å². The molecule has 2 atom stereocenters. The van der Waals surface area contributed by atoms with Crippen molar-refractivity contribution in [2.24, 2.45) is 11.8 Å². The second kappa shape index (κ2) is 6.58. The van der Waals surface area contributed by atoms with Gasteiger partial charge in [-0.05, 0) is 30.9 Å². The largest absolute Gasteiger partial charge is 0.417 e. The van der Waals surface area contributed by atoms with Crippen LogP contribution in [0.4, 0.5) is 19.0 Å². The fourth-order valence-corrected chi connectivity index (χ4v) is 3.24. The van der Waals surface area contributed by atoms with E-state index in [2.05, 4.69) is 10.3 Å². The van der Waals surface area contributed by atoms with Crippen molar-refractivity contribution in [2.75, 3.05) is 32.1 Å². The van der Waals surface area contributed by atoms with Gasteiger partial charge in [0.2, 0.25) is 5.91 Å². The van der Waals surface area contributed by atoms with Crippen LogP contribution < -0.4 is 5.32 Å². The van der Waals surface area contributed by atoms with Gasteiger partial charge in [0.1, 0.15) is 12.4 Å². The molecule has 1 aromatic rings. The first-order chi connectivity index (χ1) is 11.4. The molecule has 0 unspecified atom stereocenters. The third kappa shape index (κ3) is 3.80. The Morgan fingerprint density at radius 3 is 2.67 bits per heavy atom. The van der Waals surface area contributed by atoms with E-state index >= 15 is 0 Å². The number of pyridine rings is 1. The van der Waals surface area contributed by atoms with Crippen LogP contribution in [0, 0.1) is 11.8 Å². The highest BCUT2D eigenvalue weighted by molar-refractivity contribution is 5.78. The molecule has 1 aliphatic heterocycles. The van der Waals surface area contributed by atoms with Crippen molar-refractivity contribution in [2.45, 2.75) is 25.1 Å². The Morgan fingerprint density at radius 2 is 2.12 bits per heavy atom. The highest BCUT2D eigenvalue weighted by Gasteiger charge is 2.43. The summed E-state index contributed by atoms with van der Waals surface area (Å²) in [6, 6.07) is 2.36. The first kappa shape index (κ1) is 17.0. The summed E-state index contributed by atoms with van der Waals surface area (Å²) in [5.41, 5.74) is -0.768. The number of hydrogen-bond acceptors (Lipinski definition) is 4. The summed E-state index contributed by atoms with van der Waals surface area (Å²) in [6.45, 7) is 1.22. The molecule has 1 saturated carbocycles. The summed E-state index contributed by atoms with van der Waals surface area (Å²) in [6.07, 6.45) is -1.29. The maximum atomic E-state index is 12.6. The zero-order chi connectivity index (χ0) is 17.3. The average Bonchev–Trinajstić information content (AvgIpc) is 3.28. The van der Waals surface area contributed by atoms with Gasteiger partial charge in [-0.15, -0.1) is 0 Å². The molecular formula is C16H20F3N3O2. The Morgan fingerprint density at radius 1 is 1.38 bits per heavy atom. The Balaban J connectivity index is 1.67. The van der Waals surface area contributed by atoms with E-state index < -0.39 is 11.7 Å². The van der Waals surface area contributed by atoms with Crippen LogP contribution in [0.25, 0.3) is 0 Å². The predicted molar refractivity (Wildman–Crippen MR) is 81.3 cm³/mol. The summed E-state index contributed by atoms with van der Waals surface area (Å²) in [5.74, 6) is 1.21. The van der Waals surface area contributed by atoms with Gasteiger partial charge in [0.25, 0.3) is 0 Å². The number of carbonyl (C=O) groups excluding carboxylic acids is 1. The topological polar surface area (TPSA) is 54.5 Å². The van der Waals surface area contributed by atoms with Crippen molar-refractivity contribution < 1.29 is 22.7 Å². The van der Waals surface area contributed by atoms with Crippen LogP contribution in [0.1, 0.15) is 18.4 Å². The second-order valence-corrected chi connectivity index (χ2v) is 6.41. The number of hydrogen-bond donors (Lipinski definition) is 1. The van der Waals surface area contributed by atoms with E-state index in [4.69, 9.17) is 4.74 Å². The Kier molecular flexibility index (Phi) is 4.67. The van der Waals surface area contributed by atoms with Gasteiger partial charge < -0.3 is 15.0 Å². The molecule has 0 aromatic carbocycles. The number of halogens is 3. The summed E-state index contributed by atoms with van der Waals surface area (Å²) < 4.78 is 42.7. The lowest BCUT2D eigenvalue weighted by atomic mass is 9.98. The molecule has 2 aliphatic rings. The van der Waals surface area contributed by atoms with E-state index in [1.807, 2.05) is 0 Å². The lowest BCUT2D eigenvalue weighted by molar-refractivity contribution is -0.138. The molecular weight excluding hydrogens is 323 g/mol. The fourth-order valence-electron chi connectivity index (χ4n) is 3.24. The van der Waals surface area contributed by atoms with E-state index in [9.17, 15) is 18.0 Å². The molecule has 8 heteroatoms. The van der Waals surface area contributed by atoms with Crippen LogP contribution in [0.5, 0.6) is 0 Å². The van der Waals surface area contributed by atoms with Gasteiger partial charge in [-0.25, -0.2) is 4.98 Å². The van der Waals surface area contributed by atoms with Crippen molar-refractivity contribution in [3.05, 3.63) is 23.9 Å². The highest BCUT2D eigenvalue weighted by Crippen LogP contribution is 2.42. The van der Waals surface area contributed by atoms with E-state index in [-0.39, 0.29) is 18.6 Å². The highest BCUT2D eigenvalue weighted by atomic mass is 19.4. The number of likely N-dealkylation sites (tertiary alicyclic amines) is 1. The normalized spacial score (nSPS) is 24.2. The molecule has 0 spiro atoms. The van der Waals surface area contributed by atoms with Gasteiger partial charge in [0.15, 0.2) is 0 Å². The molecule has 1 aliphatic carbocycles. The molecule has 132 valence electrons. The second-order valence-electron chi connectivity index (χ2n) is 6.41. The summed E-state index contributed by atoms with van der Waals surface area (Å²) in [7, 11) is 1.48. The van der Waals surface area contributed by atoms with Crippen molar-refractivity contribution in [1.29, 1.82) is 0 Å². The summed E-state index contributed by atoms with van der Waals surface area (Å²) >= 11 is 0. The molecule has 2 heterocycles. The lowest BCUT2D eigenvalue weighted by Crippen LogP contribution is -2.34. The molecule has 3 rings (SSSR count).